The predicted molar refractivity (Wildman–Crippen MR) is 81.3 cm³/mol. The molecule has 100 valence electrons. The number of hydrogen-bond acceptors (Lipinski definition) is 4. The number of rotatable bonds is 4. The summed E-state index contributed by atoms with van der Waals surface area (Å²) in [6.07, 6.45) is 1.44. The smallest absolute Gasteiger partial charge is 0.150 e. The Morgan fingerprint density at radius 3 is 2.63 bits per heavy atom. The van der Waals surface area contributed by atoms with Crippen molar-refractivity contribution < 1.29 is 4.39 Å². The largest absolute Gasteiger partial charge is 0.369 e. The molecular formula is C12H11Br2FN4. The highest BCUT2D eigenvalue weighted by atomic mass is 79.9. The van der Waals surface area contributed by atoms with E-state index < -0.39 is 0 Å². The first-order chi connectivity index (χ1) is 9.11. The lowest BCUT2D eigenvalue weighted by molar-refractivity contribution is 0.622. The van der Waals surface area contributed by atoms with Crippen molar-refractivity contribution >= 4 is 49.2 Å². The molecule has 0 spiro atoms. The normalized spacial score (nSPS) is 10.3. The van der Waals surface area contributed by atoms with Crippen molar-refractivity contribution in [1.82, 2.24) is 9.97 Å². The average molecular weight is 390 g/mol. The molecular weight excluding hydrogens is 379 g/mol. The molecule has 0 amide bonds. The molecule has 0 bridgehead atoms. The fraction of sp³-hybridized carbons (Fsp3) is 0.167. The molecule has 4 nitrogen and oxygen atoms in total. The molecule has 0 aliphatic rings. The van der Waals surface area contributed by atoms with Gasteiger partial charge in [-0.3, -0.25) is 0 Å². The maximum Gasteiger partial charge on any atom is 0.150 e. The van der Waals surface area contributed by atoms with Gasteiger partial charge in [0, 0.05) is 12.2 Å². The van der Waals surface area contributed by atoms with Gasteiger partial charge in [0.25, 0.3) is 0 Å². The van der Waals surface area contributed by atoms with Gasteiger partial charge in [-0.15, -0.1) is 0 Å². The second-order valence-electron chi connectivity index (χ2n) is 3.67. The summed E-state index contributed by atoms with van der Waals surface area (Å²) >= 11 is 6.53. The summed E-state index contributed by atoms with van der Waals surface area (Å²) in [5.74, 6) is 0.937. The van der Waals surface area contributed by atoms with Crippen LogP contribution in [0.2, 0.25) is 0 Å². The van der Waals surface area contributed by atoms with Gasteiger partial charge < -0.3 is 10.6 Å². The maximum atomic E-state index is 13.4. The Bertz CT molecular complexity index is 592. The number of hydrogen-bond donors (Lipinski definition) is 2. The highest BCUT2D eigenvalue weighted by Crippen LogP contribution is 2.29. The van der Waals surface area contributed by atoms with Gasteiger partial charge in [-0.1, -0.05) is 0 Å². The Hall–Kier alpha value is -1.21. The monoisotopic (exact) mass is 388 g/mol. The molecule has 0 fully saturated rings. The van der Waals surface area contributed by atoms with E-state index in [4.69, 9.17) is 0 Å². The summed E-state index contributed by atoms with van der Waals surface area (Å²) in [4.78, 5) is 8.24. The molecule has 0 saturated carbocycles. The summed E-state index contributed by atoms with van der Waals surface area (Å²) in [5.41, 5.74) is 0.613. The number of aromatic nitrogens is 2. The van der Waals surface area contributed by atoms with Crippen LogP contribution in [-0.4, -0.2) is 16.5 Å². The van der Waals surface area contributed by atoms with Gasteiger partial charge in [0.15, 0.2) is 0 Å². The van der Waals surface area contributed by atoms with Crippen molar-refractivity contribution in [3.8, 4) is 0 Å². The third-order valence-corrected chi connectivity index (χ3v) is 3.71. The fourth-order valence-electron chi connectivity index (χ4n) is 1.46. The fourth-order valence-corrected chi connectivity index (χ4v) is 2.15. The van der Waals surface area contributed by atoms with E-state index in [0.717, 1.165) is 6.54 Å². The molecule has 0 saturated heterocycles. The van der Waals surface area contributed by atoms with E-state index >= 15 is 0 Å². The molecule has 7 heteroatoms. The first kappa shape index (κ1) is 14.2. The van der Waals surface area contributed by atoms with Crippen molar-refractivity contribution in [2.75, 3.05) is 17.2 Å². The highest BCUT2D eigenvalue weighted by molar-refractivity contribution is 9.11. The second kappa shape index (κ2) is 6.29. The lowest BCUT2D eigenvalue weighted by Crippen LogP contribution is -2.03. The van der Waals surface area contributed by atoms with Crippen LogP contribution >= 0.6 is 31.9 Å². The van der Waals surface area contributed by atoms with Gasteiger partial charge in [0.05, 0.1) is 4.47 Å². The maximum absolute atomic E-state index is 13.4. The van der Waals surface area contributed by atoms with Gasteiger partial charge in [-0.05, 0) is 57.0 Å². The van der Waals surface area contributed by atoms with Crippen LogP contribution < -0.4 is 10.6 Å². The summed E-state index contributed by atoms with van der Waals surface area (Å²) in [6.45, 7) is 2.73. The van der Waals surface area contributed by atoms with Crippen LogP contribution in [0.3, 0.4) is 0 Å². The van der Waals surface area contributed by atoms with Gasteiger partial charge in [-0.2, -0.15) is 0 Å². The highest BCUT2D eigenvalue weighted by Gasteiger charge is 2.09. The predicted octanol–water partition coefficient (Wildman–Crippen LogP) is 4.32. The number of nitrogens with zero attached hydrogens (tertiary/aromatic N) is 2. The Morgan fingerprint density at radius 1 is 1.21 bits per heavy atom. The van der Waals surface area contributed by atoms with Crippen LogP contribution in [0.4, 0.5) is 21.7 Å². The summed E-state index contributed by atoms with van der Waals surface area (Å²) < 4.78 is 14.6. The zero-order chi connectivity index (χ0) is 13.8. The van der Waals surface area contributed by atoms with Crippen molar-refractivity contribution in [2.45, 2.75) is 6.92 Å². The zero-order valence-corrected chi connectivity index (χ0v) is 13.2. The third kappa shape index (κ3) is 3.42. The van der Waals surface area contributed by atoms with Crippen LogP contribution in [0.25, 0.3) is 0 Å². The Labute approximate surface area is 127 Å². The van der Waals surface area contributed by atoms with Gasteiger partial charge >= 0.3 is 0 Å². The van der Waals surface area contributed by atoms with Gasteiger partial charge in [-0.25, -0.2) is 14.4 Å². The van der Waals surface area contributed by atoms with Crippen molar-refractivity contribution in [2.24, 2.45) is 0 Å². The zero-order valence-electron chi connectivity index (χ0n) is 10.0. The molecule has 2 rings (SSSR count). The first-order valence-electron chi connectivity index (χ1n) is 5.58. The first-order valence-corrected chi connectivity index (χ1v) is 7.17. The van der Waals surface area contributed by atoms with E-state index in [-0.39, 0.29) is 5.82 Å². The van der Waals surface area contributed by atoms with E-state index in [1.807, 2.05) is 6.92 Å². The van der Waals surface area contributed by atoms with E-state index in [1.54, 1.807) is 12.1 Å². The van der Waals surface area contributed by atoms with Crippen LogP contribution in [0, 0.1) is 5.82 Å². The van der Waals surface area contributed by atoms with Crippen LogP contribution in [-0.2, 0) is 0 Å². The molecule has 1 aromatic heterocycles. The van der Waals surface area contributed by atoms with Crippen molar-refractivity contribution in [3.63, 3.8) is 0 Å². The quantitative estimate of drug-likeness (QED) is 0.817. The number of nitrogens with one attached hydrogen (secondary N) is 2. The molecule has 0 atom stereocenters. The van der Waals surface area contributed by atoms with Crippen LogP contribution in [0.1, 0.15) is 6.92 Å². The minimum absolute atomic E-state index is 0.331. The minimum atomic E-state index is -0.331. The molecule has 19 heavy (non-hydrogen) atoms. The van der Waals surface area contributed by atoms with Crippen molar-refractivity contribution in [1.29, 1.82) is 0 Å². The second-order valence-corrected chi connectivity index (χ2v) is 5.32. The number of halogens is 3. The molecule has 0 unspecified atom stereocenters. The average Bonchev–Trinajstić information content (AvgIpc) is 2.39. The molecule has 0 radical (unpaired) electrons. The van der Waals surface area contributed by atoms with E-state index in [1.165, 1.54) is 12.4 Å². The number of benzene rings is 1. The Balaban J connectivity index is 2.27. The standard InChI is InChI=1S/C12H11Br2FN4/c1-2-16-11-10(14)12(18-6-17-11)19-7-3-4-8(13)9(15)5-7/h3-6H,2H2,1H3,(H2,16,17,18,19). The molecule has 2 N–H and O–H groups in total. The van der Waals surface area contributed by atoms with Crippen molar-refractivity contribution in [3.05, 3.63) is 39.3 Å². The lowest BCUT2D eigenvalue weighted by Gasteiger charge is -2.11. The van der Waals surface area contributed by atoms with Crippen LogP contribution in [0.5, 0.6) is 0 Å². The Morgan fingerprint density at radius 2 is 1.95 bits per heavy atom. The molecule has 2 aromatic rings. The molecule has 0 aliphatic carbocycles. The van der Waals surface area contributed by atoms with E-state index in [0.29, 0.717) is 26.3 Å². The van der Waals surface area contributed by atoms with Crippen LogP contribution in [0.15, 0.2) is 33.5 Å². The summed E-state index contributed by atoms with van der Waals surface area (Å²) in [7, 11) is 0. The minimum Gasteiger partial charge on any atom is -0.369 e. The Kier molecular flexibility index (Phi) is 4.71. The third-order valence-electron chi connectivity index (χ3n) is 2.32. The molecule has 1 heterocycles. The summed E-state index contributed by atoms with van der Waals surface area (Å²) in [6, 6.07) is 4.79. The summed E-state index contributed by atoms with van der Waals surface area (Å²) in [5, 5.41) is 6.14. The SMILES string of the molecule is CCNc1ncnc(Nc2ccc(Br)c(F)c2)c1Br. The topological polar surface area (TPSA) is 49.8 Å². The van der Waals surface area contributed by atoms with E-state index in [2.05, 4.69) is 52.5 Å². The number of anilines is 3. The molecule has 1 aromatic carbocycles. The lowest BCUT2D eigenvalue weighted by atomic mass is 10.3. The van der Waals surface area contributed by atoms with Gasteiger partial charge in [0.1, 0.15) is 28.3 Å². The van der Waals surface area contributed by atoms with Gasteiger partial charge in [0.2, 0.25) is 0 Å². The molecule has 0 aliphatic heterocycles. The van der Waals surface area contributed by atoms with E-state index in [9.17, 15) is 4.39 Å².